The van der Waals surface area contributed by atoms with Crippen LogP contribution in [0.1, 0.15) is 11.1 Å². The molecule has 1 aromatic rings. The summed E-state index contributed by atoms with van der Waals surface area (Å²) in [5, 5.41) is 2.90. The van der Waals surface area contributed by atoms with Crippen LogP contribution < -0.4 is 5.32 Å². The van der Waals surface area contributed by atoms with Crippen molar-refractivity contribution in [3.63, 3.8) is 0 Å². The van der Waals surface area contributed by atoms with Gasteiger partial charge in [0.2, 0.25) is 0 Å². The predicted molar refractivity (Wildman–Crippen MR) is 69.9 cm³/mol. The van der Waals surface area contributed by atoms with Crippen molar-refractivity contribution < 1.29 is 4.79 Å². The van der Waals surface area contributed by atoms with Crippen molar-refractivity contribution in [2.75, 3.05) is 11.9 Å². The molecule has 3 nitrogen and oxygen atoms in total. The fraction of sp³-hybridized carbons (Fsp3) is 0.214. The smallest absolute Gasteiger partial charge is 0.308 e. The van der Waals surface area contributed by atoms with Crippen LogP contribution in [0, 0.1) is 13.8 Å². The van der Waals surface area contributed by atoms with E-state index < -0.39 is 0 Å². The summed E-state index contributed by atoms with van der Waals surface area (Å²) in [6.45, 7) is 4.66. The lowest BCUT2D eigenvalue weighted by atomic mass is 10.1. The molecule has 0 bridgehead atoms. The van der Waals surface area contributed by atoms with Crippen LogP contribution in [0.15, 0.2) is 42.6 Å². The van der Waals surface area contributed by atoms with E-state index in [4.69, 9.17) is 0 Å². The van der Waals surface area contributed by atoms with Gasteiger partial charge in [0.15, 0.2) is 0 Å². The molecule has 2 rings (SSSR count). The van der Waals surface area contributed by atoms with Gasteiger partial charge in [0, 0.05) is 18.4 Å². The van der Waals surface area contributed by atoms with E-state index in [1.54, 1.807) is 11.1 Å². The summed E-state index contributed by atoms with van der Waals surface area (Å²) in [5.41, 5.74) is 3.14. The maximum Gasteiger partial charge on any atom is 0.326 e. The molecule has 2 amide bonds. The van der Waals surface area contributed by atoms with E-state index in [0.29, 0.717) is 6.54 Å². The Bertz CT molecular complexity index is 469. The molecule has 0 radical (unpaired) electrons. The Morgan fingerprint density at radius 1 is 1.18 bits per heavy atom. The first-order valence-electron chi connectivity index (χ1n) is 5.64. The topological polar surface area (TPSA) is 32.3 Å². The molecule has 3 heteroatoms. The Kier molecular flexibility index (Phi) is 3.28. The molecule has 0 atom stereocenters. The third kappa shape index (κ3) is 2.97. The van der Waals surface area contributed by atoms with Gasteiger partial charge in [0.25, 0.3) is 0 Å². The zero-order chi connectivity index (χ0) is 12.3. The maximum absolute atomic E-state index is 11.9. The summed E-state index contributed by atoms with van der Waals surface area (Å²) >= 11 is 0. The van der Waals surface area contributed by atoms with E-state index in [2.05, 4.69) is 11.4 Å². The highest BCUT2D eigenvalue weighted by Crippen LogP contribution is 2.14. The molecule has 1 aliphatic heterocycles. The molecule has 0 unspecified atom stereocenters. The van der Waals surface area contributed by atoms with Crippen LogP contribution in [0.25, 0.3) is 0 Å². The van der Waals surface area contributed by atoms with Crippen LogP contribution >= 0.6 is 0 Å². The number of hydrogen-bond acceptors (Lipinski definition) is 1. The van der Waals surface area contributed by atoms with Gasteiger partial charge >= 0.3 is 6.03 Å². The van der Waals surface area contributed by atoms with Crippen molar-refractivity contribution in [1.29, 1.82) is 0 Å². The number of anilines is 1. The molecular weight excluding hydrogens is 212 g/mol. The van der Waals surface area contributed by atoms with E-state index in [0.717, 1.165) is 16.8 Å². The quantitative estimate of drug-likeness (QED) is 0.786. The molecule has 0 aliphatic carbocycles. The van der Waals surface area contributed by atoms with Crippen LogP contribution in [-0.4, -0.2) is 17.5 Å². The van der Waals surface area contributed by atoms with Gasteiger partial charge in [-0.15, -0.1) is 0 Å². The van der Waals surface area contributed by atoms with Gasteiger partial charge in [-0.3, -0.25) is 4.90 Å². The van der Waals surface area contributed by atoms with E-state index in [1.165, 1.54) is 0 Å². The standard InChI is InChI=1S/C14H16N2O/c1-11-8-12(2)10-13(9-11)15-14(17)16-6-4-3-5-7-16/h3-6,8-10H,7H2,1-2H3,(H,15,17). The molecule has 88 valence electrons. The third-order valence-corrected chi connectivity index (χ3v) is 2.55. The molecule has 0 saturated carbocycles. The summed E-state index contributed by atoms with van der Waals surface area (Å²) in [4.78, 5) is 13.6. The van der Waals surface area contributed by atoms with Crippen LogP contribution in [0.3, 0.4) is 0 Å². The first-order valence-corrected chi connectivity index (χ1v) is 5.64. The van der Waals surface area contributed by atoms with Gasteiger partial charge in [-0.05, 0) is 43.2 Å². The third-order valence-electron chi connectivity index (χ3n) is 2.55. The molecular formula is C14H16N2O. The number of nitrogens with zero attached hydrogens (tertiary/aromatic N) is 1. The molecule has 17 heavy (non-hydrogen) atoms. The largest absolute Gasteiger partial charge is 0.326 e. The summed E-state index contributed by atoms with van der Waals surface area (Å²) in [6.07, 6.45) is 7.50. The average molecular weight is 228 g/mol. The van der Waals surface area contributed by atoms with Gasteiger partial charge < -0.3 is 5.32 Å². The number of allylic oxidation sites excluding steroid dienone is 2. The number of carbonyl (C=O) groups is 1. The molecule has 1 aromatic carbocycles. The first-order chi connectivity index (χ1) is 8.15. The van der Waals surface area contributed by atoms with Crippen molar-refractivity contribution in [3.05, 3.63) is 53.8 Å². The number of benzene rings is 1. The second-order valence-corrected chi connectivity index (χ2v) is 4.23. The Morgan fingerprint density at radius 2 is 1.88 bits per heavy atom. The van der Waals surface area contributed by atoms with Crippen molar-refractivity contribution in [1.82, 2.24) is 4.90 Å². The van der Waals surface area contributed by atoms with Crippen molar-refractivity contribution in [3.8, 4) is 0 Å². The predicted octanol–water partition coefficient (Wildman–Crippen LogP) is 3.22. The zero-order valence-electron chi connectivity index (χ0n) is 10.1. The number of hydrogen-bond donors (Lipinski definition) is 1. The Hall–Kier alpha value is -2.03. The number of nitrogens with one attached hydrogen (secondary N) is 1. The van der Waals surface area contributed by atoms with Crippen LogP contribution in [0.5, 0.6) is 0 Å². The lowest BCUT2D eigenvalue weighted by molar-refractivity contribution is 0.231. The van der Waals surface area contributed by atoms with Crippen molar-refractivity contribution >= 4 is 11.7 Å². The molecule has 0 spiro atoms. The molecule has 0 aromatic heterocycles. The van der Waals surface area contributed by atoms with Crippen LogP contribution in [0.4, 0.5) is 10.5 Å². The SMILES string of the molecule is Cc1cc(C)cc(NC(=O)N2C=CC=CC2)c1. The minimum atomic E-state index is -0.101. The summed E-state index contributed by atoms with van der Waals surface area (Å²) < 4.78 is 0. The summed E-state index contributed by atoms with van der Waals surface area (Å²) in [6, 6.07) is 5.91. The molecule has 0 saturated heterocycles. The second-order valence-electron chi connectivity index (χ2n) is 4.23. The second kappa shape index (κ2) is 4.87. The number of urea groups is 1. The lowest BCUT2D eigenvalue weighted by Gasteiger charge is -2.19. The average Bonchev–Trinajstić information content (AvgIpc) is 2.28. The highest BCUT2D eigenvalue weighted by molar-refractivity contribution is 5.90. The summed E-state index contributed by atoms with van der Waals surface area (Å²) in [7, 11) is 0. The maximum atomic E-state index is 11.9. The molecule has 1 heterocycles. The number of rotatable bonds is 1. The highest BCUT2D eigenvalue weighted by Gasteiger charge is 2.10. The Labute approximate surface area is 101 Å². The highest BCUT2D eigenvalue weighted by atomic mass is 16.2. The molecule has 1 N–H and O–H groups in total. The van der Waals surface area contributed by atoms with Crippen LogP contribution in [-0.2, 0) is 0 Å². The number of carbonyl (C=O) groups excluding carboxylic acids is 1. The van der Waals surface area contributed by atoms with Crippen LogP contribution in [0.2, 0.25) is 0 Å². The zero-order valence-corrected chi connectivity index (χ0v) is 10.1. The van der Waals surface area contributed by atoms with E-state index in [-0.39, 0.29) is 6.03 Å². The number of aryl methyl sites for hydroxylation is 2. The molecule has 1 aliphatic rings. The first kappa shape index (κ1) is 11.5. The van der Waals surface area contributed by atoms with Crippen molar-refractivity contribution in [2.24, 2.45) is 0 Å². The van der Waals surface area contributed by atoms with E-state index in [1.807, 2.05) is 44.2 Å². The van der Waals surface area contributed by atoms with Gasteiger partial charge in [0.1, 0.15) is 0 Å². The lowest BCUT2D eigenvalue weighted by Crippen LogP contribution is -2.31. The normalized spacial score (nSPS) is 13.9. The number of amides is 2. The minimum Gasteiger partial charge on any atom is -0.308 e. The van der Waals surface area contributed by atoms with Gasteiger partial charge in [-0.1, -0.05) is 18.2 Å². The fourth-order valence-corrected chi connectivity index (χ4v) is 1.86. The van der Waals surface area contributed by atoms with Gasteiger partial charge in [-0.25, -0.2) is 4.79 Å². The summed E-state index contributed by atoms with van der Waals surface area (Å²) in [5.74, 6) is 0. The Balaban J connectivity index is 2.07. The van der Waals surface area contributed by atoms with E-state index >= 15 is 0 Å². The van der Waals surface area contributed by atoms with Crippen molar-refractivity contribution in [2.45, 2.75) is 13.8 Å². The molecule has 0 fully saturated rings. The fourth-order valence-electron chi connectivity index (χ4n) is 1.86. The van der Waals surface area contributed by atoms with E-state index in [9.17, 15) is 4.79 Å². The monoisotopic (exact) mass is 228 g/mol. The van der Waals surface area contributed by atoms with Gasteiger partial charge in [-0.2, -0.15) is 0 Å². The minimum absolute atomic E-state index is 0.101. The van der Waals surface area contributed by atoms with Gasteiger partial charge in [0.05, 0.1) is 0 Å². The Morgan fingerprint density at radius 3 is 2.47 bits per heavy atom.